The second kappa shape index (κ2) is 7.96. The van der Waals surface area contributed by atoms with Crippen LogP contribution in [0.15, 0.2) is 42.5 Å². The predicted molar refractivity (Wildman–Crippen MR) is 93.5 cm³/mol. The Bertz CT molecular complexity index is 821. The fraction of sp³-hybridized carbons (Fsp3) is 0.300. The highest BCUT2D eigenvalue weighted by atomic mass is 19.1. The molecule has 136 valence electrons. The Kier molecular flexibility index (Phi) is 5.93. The van der Waals surface area contributed by atoms with E-state index in [1.807, 2.05) is 12.1 Å². The first-order chi connectivity index (χ1) is 12.2. The first kappa shape index (κ1) is 19.4. The van der Waals surface area contributed by atoms with E-state index in [2.05, 4.69) is 26.1 Å². The molecule has 0 aliphatic carbocycles. The average molecular weight is 358 g/mol. The summed E-state index contributed by atoms with van der Waals surface area (Å²) in [4.78, 5) is 12.0. The zero-order valence-corrected chi connectivity index (χ0v) is 14.8. The average Bonchev–Trinajstić information content (AvgIpc) is 2.58. The van der Waals surface area contributed by atoms with Crippen LogP contribution in [0, 0.1) is 23.0 Å². The molecule has 0 fully saturated rings. The van der Waals surface area contributed by atoms with Gasteiger partial charge in [0.2, 0.25) is 0 Å². The molecule has 0 radical (unpaired) electrons. The summed E-state index contributed by atoms with van der Waals surface area (Å²) < 4.78 is 32.1. The highest BCUT2D eigenvalue weighted by molar-refractivity contribution is 5.78. The van der Waals surface area contributed by atoms with E-state index in [0.717, 1.165) is 17.7 Å². The van der Waals surface area contributed by atoms with Gasteiger partial charge < -0.3 is 10.1 Å². The van der Waals surface area contributed by atoms with Crippen LogP contribution in [-0.2, 0) is 10.2 Å². The molecular weight excluding hydrogens is 338 g/mol. The molecule has 26 heavy (non-hydrogen) atoms. The molecule has 1 amide bonds. The number of hydrogen-bond acceptors (Lipinski definition) is 3. The number of carbonyl (C=O) groups excluding carboxylic acids is 1. The van der Waals surface area contributed by atoms with Crippen molar-refractivity contribution in [2.45, 2.75) is 32.2 Å². The summed E-state index contributed by atoms with van der Waals surface area (Å²) in [7, 11) is 0. The second-order valence-electron chi connectivity index (χ2n) is 6.86. The van der Waals surface area contributed by atoms with E-state index in [1.165, 1.54) is 0 Å². The lowest BCUT2D eigenvalue weighted by molar-refractivity contribution is -0.123. The maximum Gasteiger partial charge on any atom is 0.259 e. The van der Waals surface area contributed by atoms with Crippen LogP contribution in [0.2, 0.25) is 0 Å². The molecule has 0 bridgehead atoms. The van der Waals surface area contributed by atoms with Crippen LogP contribution in [0.4, 0.5) is 8.78 Å². The standard InChI is InChI=1S/C20H20F2N2O2/c1-20(2,3)13-4-7-15(8-5-13)26-12-19(25)24-18(11-23)16-9-6-14(21)10-17(16)22/h4-10,18H,12H2,1-3H3,(H,24,25). The van der Waals surface area contributed by atoms with Gasteiger partial charge in [0.25, 0.3) is 5.91 Å². The van der Waals surface area contributed by atoms with Gasteiger partial charge in [-0.2, -0.15) is 5.26 Å². The first-order valence-electron chi connectivity index (χ1n) is 8.08. The highest BCUT2D eigenvalue weighted by Crippen LogP contribution is 2.24. The van der Waals surface area contributed by atoms with Gasteiger partial charge in [-0.1, -0.05) is 39.0 Å². The van der Waals surface area contributed by atoms with Gasteiger partial charge in [0.05, 0.1) is 6.07 Å². The lowest BCUT2D eigenvalue weighted by atomic mass is 9.87. The smallest absolute Gasteiger partial charge is 0.259 e. The van der Waals surface area contributed by atoms with Crippen LogP contribution in [0.1, 0.15) is 37.9 Å². The van der Waals surface area contributed by atoms with E-state index >= 15 is 0 Å². The quantitative estimate of drug-likeness (QED) is 0.878. The van der Waals surface area contributed by atoms with Gasteiger partial charge in [-0.3, -0.25) is 4.79 Å². The van der Waals surface area contributed by atoms with E-state index in [1.54, 1.807) is 18.2 Å². The van der Waals surface area contributed by atoms with E-state index in [-0.39, 0.29) is 17.6 Å². The number of nitrogens with zero attached hydrogens (tertiary/aromatic N) is 1. The second-order valence-corrected chi connectivity index (χ2v) is 6.86. The van der Waals surface area contributed by atoms with Gasteiger partial charge in [-0.25, -0.2) is 8.78 Å². The largest absolute Gasteiger partial charge is 0.484 e. The lowest BCUT2D eigenvalue weighted by Gasteiger charge is -2.19. The normalized spacial score (nSPS) is 12.2. The summed E-state index contributed by atoms with van der Waals surface area (Å²) in [6, 6.07) is 10.7. The topological polar surface area (TPSA) is 62.1 Å². The van der Waals surface area contributed by atoms with Crippen LogP contribution in [-0.4, -0.2) is 12.5 Å². The van der Waals surface area contributed by atoms with Crippen LogP contribution in [0.5, 0.6) is 5.75 Å². The fourth-order valence-electron chi connectivity index (χ4n) is 2.32. The van der Waals surface area contributed by atoms with Crippen LogP contribution >= 0.6 is 0 Å². The number of rotatable bonds is 5. The summed E-state index contributed by atoms with van der Waals surface area (Å²) in [6.07, 6.45) is 0. The third kappa shape index (κ3) is 5.03. The molecule has 2 rings (SSSR count). The van der Waals surface area contributed by atoms with Crippen LogP contribution in [0.3, 0.4) is 0 Å². The Morgan fingerprint density at radius 3 is 2.38 bits per heavy atom. The zero-order chi connectivity index (χ0) is 19.3. The molecule has 0 heterocycles. The van der Waals surface area contributed by atoms with E-state index < -0.39 is 23.6 Å². The Morgan fingerprint density at radius 1 is 1.19 bits per heavy atom. The number of amides is 1. The molecule has 0 aliphatic rings. The van der Waals surface area contributed by atoms with Crippen molar-refractivity contribution < 1.29 is 18.3 Å². The number of nitrogens with one attached hydrogen (secondary N) is 1. The zero-order valence-electron chi connectivity index (χ0n) is 14.8. The molecule has 2 aromatic rings. The molecule has 0 spiro atoms. The summed E-state index contributed by atoms with van der Waals surface area (Å²) in [5.41, 5.74) is 1.04. The Morgan fingerprint density at radius 2 is 1.85 bits per heavy atom. The number of halogens is 2. The van der Waals surface area contributed by atoms with Crippen molar-refractivity contribution in [3.8, 4) is 11.8 Å². The Hall–Kier alpha value is -2.94. The molecule has 0 aliphatic heterocycles. The highest BCUT2D eigenvalue weighted by Gasteiger charge is 2.19. The van der Waals surface area contributed by atoms with Crippen LogP contribution < -0.4 is 10.1 Å². The third-order valence-corrected chi connectivity index (χ3v) is 3.80. The van der Waals surface area contributed by atoms with Gasteiger partial charge in [0.15, 0.2) is 6.61 Å². The molecule has 0 saturated heterocycles. The molecule has 1 atom stereocenters. The molecule has 4 nitrogen and oxygen atoms in total. The first-order valence-corrected chi connectivity index (χ1v) is 8.08. The molecule has 2 aromatic carbocycles. The summed E-state index contributed by atoms with van der Waals surface area (Å²) in [6.45, 7) is 5.95. The number of nitriles is 1. The molecular formula is C20H20F2N2O2. The minimum atomic E-state index is -1.23. The van der Waals surface area contributed by atoms with Crippen LogP contribution in [0.25, 0.3) is 0 Å². The maximum absolute atomic E-state index is 13.7. The summed E-state index contributed by atoms with van der Waals surface area (Å²) >= 11 is 0. The lowest BCUT2D eigenvalue weighted by Crippen LogP contribution is -2.32. The molecule has 0 saturated carbocycles. The minimum absolute atomic E-state index is 0.00908. The number of hydrogen-bond donors (Lipinski definition) is 1. The molecule has 1 unspecified atom stereocenters. The summed E-state index contributed by atoms with van der Waals surface area (Å²) in [5.74, 6) is -1.72. The Balaban J connectivity index is 1.96. The molecule has 1 N–H and O–H groups in total. The van der Waals surface area contributed by atoms with Crippen molar-refractivity contribution in [2.24, 2.45) is 0 Å². The predicted octanol–water partition coefficient (Wildman–Crippen LogP) is 4.02. The number of ether oxygens (including phenoxy) is 1. The summed E-state index contributed by atoms with van der Waals surface area (Å²) in [5, 5.41) is 11.5. The van der Waals surface area contributed by atoms with Crippen molar-refractivity contribution in [1.82, 2.24) is 5.32 Å². The van der Waals surface area contributed by atoms with Gasteiger partial charge in [0, 0.05) is 11.6 Å². The van der Waals surface area contributed by atoms with Crippen molar-refractivity contribution in [2.75, 3.05) is 6.61 Å². The SMILES string of the molecule is CC(C)(C)c1ccc(OCC(=O)NC(C#N)c2ccc(F)cc2F)cc1. The number of benzene rings is 2. The van der Waals surface area contributed by atoms with Gasteiger partial charge >= 0.3 is 0 Å². The number of carbonyl (C=O) groups is 1. The third-order valence-electron chi connectivity index (χ3n) is 3.80. The van der Waals surface area contributed by atoms with Crippen molar-refractivity contribution >= 4 is 5.91 Å². The fourth-order valence-corrected chi connectivity index (χ4v) is 2.32. The monoisotopic (exact) mass is 358 g/mol. The van der Waals surface area contributed by atoms with E-state index in [4.69, 9.17) is 10.00 Å². The van der Waals surface area contributed by atoms with Crippen molar-refractivity contribution in [3.05, 3.63) is 65.2 Å². The van der Waals surface area contributed by atoms with E-state index in [9.17, 15) is 13.6 Å². The van der Waals surface area contributed by atoms with Crippen molar-refractivity contribution in [1.29, 1.82) is 5.26 Å². The van der Waals surface area contributed by atoms with Gasteiger partial charge in [-0.15, -0.1) is 0 Å². The Labute approximate surface area is 151 Å². The molecule has 6 heteroatoms. The van der Waals surface area contributed by atoms with Crippen molar-refractivity contribution in [3.63, 3.8) is 0 Å². The van der Waals surface area contributed by atoms with E-state index in [0.29, 0.717) is 11.8 Å². The minimum Gasteiger partial charge on any atom is -0.484 e. The molecule has 0 aromatic heterocycles. The van der Waals surface area contributed by atoms with Gasteiger partial charge in [-0.05, 0) is 29.2 Å². The maximum atomic E-state index is 13.7. The van der Waals surface area contributed by atoms with Gasteiger partial charge in [0.1, 0.15) is 23.4 Å².